The van der Waals surface area contributed by atoms with Crippen molar-refractivity contribution in [3.63, 3.8) is 0 Å². The highest BCUT2D eigenvalue weighted by atomic mass is 16.5. The van der Waals surface area contributed by atoms with E-state index >= 15 is 0 Å². The molecule has 2 saturated heterocycles. The van der Waals surface area contributed by atoms with Crippen molar-refractivity contribution >= 4 is 5.91 Å². The largest absolute Gasteiger partial charge is 0.490 e. The lowest BCUT2D eigenvalue weighted by molar-refractivity contribution is 0.0933. The molecule has 0 saturated carbocycles. The molecule has 5 heteroatoms. The number of amides is 1. The number of hydrogen-bond donors (Lipinski definition) is 1. The van der Waals surface area contributed by atoms with Crippen LogP contribution >= 0.6 is 0 Å². The number of piperidine rings is 2. The lowest BCUT2D eigenvalue weighted by Crippen LogP contribution is -2.40. The molecule has 206 valence electrons. The Morgan fingerprint density at radius 2 is 1.56 bits per heavy atom. The summed E-state index contributed by atoms with van der Waals surface area (Å²) in [6.07, 6.45) is 4.72. The molecule has 0 radical (unpaired) electrons. The number of benzene rings is 3. The van der Waals surface area contributed by atoms with Crippen LogP contribution in [0.3, 0.4) is 0 Å². The van der Waals surface area contributed by atoms with Crippen molar-refractivity contribution in [1.29, 1.82) is 0 Å². The van der Waals surface area contributed by atoms with Gasteiger partial charge in [-0.1, -0.05) is 73.7 Å². The highest BCUT2D eigenvalue weighted by Crippen LogP contribution is 2.28. The summed E-state index contributed by atoms with van der Waals surface area (Å²) in [5.74, 6) is 1.88. The predicted molar refractivity (Wildman–Crippen MR) is 158 cm³/mol. The number of likely N-dealkylation sites (tertiary alicyclic amines) is 2. The Kier molecular flexibility index (Phi) is 9.68. The molecule has 1 N–H and O–H groups in total. The van der Waals surface area contributed by atoms with Gasteiger partial charge in [0.25, 0.3) is 5.91 Å². The Balaban J connectivity index is 1.10. The minimum Gasteiger partial charge on any atom is -0.490 e. The molecule has 5 rings (SSSR count). The Bertz CT molecular complexity index is 1120. The Labute approximate surface area is 234 Å². The minimum atomic E-state index is -0.0202. The molecule has 2 fully saturated rings. The zero-order chi connectivity index (χ0) is 26.9. The summed E-state index contributed by atoms with van der Waals surface area (Å²) in [5.41, 5.74) is 3.40. The number of carbonyl (C=O) groups excluding carboxylic acids is 1. The van der Waals surface area contributed by atoms with Crippen molar-refractivity contribution in [1.82, 2.24) is 15.1 Å². The van der Waals surface area contributed by atoms with E-state index in [0.717, 1.165) is 63.8 Å². The molecule has 0 spiro atoms. The number of hydrogen-bond acceptors (Lipinski definition) is 4. The van der Waals surface area contributed by atoms with Crippen LogP contribution in [0.15, 0.2) is 84.9 Å². The van der Waals surface area contributed by atoms with Gasteiger partial charge >= 0.3 is 0 Å². The first-order valence-electron chi connectivity index (χ1n) is 14.7. The molecule has 1 atom stereocenters. The van der Waals surface area contributed by atoms with Crippen LogP contribution in [0.1, 0.15) is 60.0 Å². The van der Waals surface area contributed by atoms with E-state index in [0.29, 0.717) is 18.0 Å². The summed E-state index contributed by atoms with van der Waals surface area (Å²) >= 11 is 0. The van der Waals surface area contributed by atoms with E-state index in [1.165, 1.54) is 24.0 Å². The SMILES string of the molecule is CC1CCCN(CCNC(=O)c2cccc(OC3CCN(CC(c4ccccc4)c4ccccc4)CC3)c2)C1. The van der Waals surface area contributed by atoms with Crippen LogP contribution in [-0.2, 0) is 0 Å². The van der Waals surface area contributed by atoms with Gasteiger partial charge < -0.3 is 19.9 Å². The maximum absolute atomic E-state index is 12.8. The van der Waals surface area contributed by atoms with Gasteiger partial charge in [-0.3, -0.25) is 4.79 Å². The van der Waals surface area contributed by atoms with E-state index in [2.05, 4.69) is 82.7 Å². The van der Waals surface area contributed by atoms with Gasteiger partial charge in [0, 0.05) is 50.7 Å². The van der Waals surface area contributed by atoms with Gasteiger partial charge in [-0.15, -0.1) is 0 Å². The summed E-state index contributed by atoms with van der Waals surface area (Å²) in [5, 5.41) is 3.10. The van der Waals surface area contributed by atoms with Gasteiger partial charge in [-0.2, -0.15) is 0 Å². The third-order valence-electron chi connectivity index (χ3n) is 8.23. The molecule has 2 aliphatic rings. The monoisotopic (exact) mass is 525 g/mol. The van der Waals surface area contributed by atoms with Crippen molar-refractivity contribution < 1.29 is 9.53 Å². The molecule has 0 bridgehead atoms. The van der Waals surface area contributed by atoms with E-state index in [9.17, 15) is 4.79 Å². The second-order valence-electron chi connectivity index (χ2n) is 11.3. The number of carbonyl (C=O) groups is 1. The van der Waals surface area contributed by atoms with Crippen molar-refractivity contribution in [2.75, 3.05) is 45.8 Å². The Morgan fingerprint density at radius 1 is 0.872 bits per heavy atom. The predicted octanol–water partition coefficient (Wildman–Crippen LogP) is 5.82. The summed E-state index contributed by atoms with van der Waals surface area (Å²) in [6.45, 7) is 9.21. The third kappa shape index (κ3) is 7.93. The highest BCUT2D eigenvalue weighted by molar-refractivity contribution is 5.94. The first-order chi connectivity index (χ1) is 19.1. The number of nitrogens with zero attached hydrogens (tertiary/aromatic N) is 2. The molecule has 3 aromatic rings. The van der Waals surface area contributed by atoms with Crippen molar-refractivity contribution in [3.8, 4) is 5.75 Å². The first kappa shape index (κ1) is 27.4. The van der Waals surface area contributed by atoms with Gasteiger partial charge in [-0.25, -0.2) is 0 Å². The normalized spacial score (nSPS) is 19.2. The molecular formula is C34H43N3O2. The summed E-state index contributed by atoms with van der Waals surface area (Å²) < 4.78 is 6.37. The second kappa shape index (κ2) is 13.8. The van der Waals surface area contributed by atoms with Gasteiger partial charge in [-0.05, 0) is 67.5 Å². The molecular weight excluding hydrogens is 482 g/mol. The molecule has 2 aliphatic heterocycles. The minimum absolute atomic E-state index is 0.0202. The maximum Gasteiger partial charge on any atom is 0.251 e. The van der Waals surface area contributed by atoms with Gasteiger partial charge in [0.2, 0.25) is 0 Å². The first-order valence-corrected chi connectivity index (χ1v) is 14.7. The summed E-state index contributed by atoms with van der Waals surface area (Å²) in [7, 11) is 0. The van der Waals surface area contributed by atoms with Crippen molar-refractivity contribution in [2.24, 2.45) is 5.92 Å². The molecule has 2 heterocycles. The molecule has 5 nitrogen and oxygen atoms in total. The molecule has 1 unspecified atom stereocenters. The number of rotatable bonds is 10. The number of ether oxygens (including phenoxy) is 1. The maximum atomic E-state index is 12.8. The lowest BCUT2D eigenvalue weighted by Gasteiger charge is -2.34. The van der Waals surface area contributed by atoms with E-state index < -0.39 is 0 Å². The van der Waals surface area contributed by atoms with Gasteiger partial charge in [0.15, 0.2) is 0 Å². The van der Waals surface area contributed by atoms with Gasteiger partial charge in [0.05, 0.1) is 0 Å². The fourth-order valence-corrected chi connectivity index (χ4v) is 6.06. The highest BCUT2D eigenvalue weighted by Gasteiger charge is 2.24. The quantitative estimate of drug-likeness (QED) is 0.362. The fraction of sp³-hybridized carbons (Fsp3) is 0.441. The van der Waals surface area contributed by atoms with Gasteiger partial charge in [0.1, 0.15) is 11.9 Å². The molecule has 3 aromatic carbocycles. The zero-order valence-corrected chi connectivity index (χ0v) is 23.3. The van der Waals surface area contributed by atoms with Crippen LogP contribution in [0.5, 0.6) is 5.75 Å². The molecule has 0 aromatic heterocycles. The molecule has 39 heavy (non-hydrogen) atoms. The van der Waals surface area contributed by atoms with Crippen LogP contribution in [0.25, 0.3) is 0 Å². The Hall–Kier alpha value is -3.15. The van der Waals surface area contributed by atoms with Crippen molar-refractivity contribution in [3.05, 3.63) is 102 Å². The second-order valence-corrected chi connectivity index (χ2v) is 11.3. The fourth-order valence-electron chi connectivity index (χ4n) is 6.06. The summed E-state index contributed by atoms with van der Waals surface area (Å²) in [6, 6.07) is 29.3. The van der Waals surface area contributed by atoms with E-state index in [4.69, 9.17) is 4.74 Å². The van der Waals surface area contributed by atoms with Crippen LogP contribution in [0, 0.1) is 5.92 Å². The van der Waals surface area contributed by atoms with E-state index in [1.54, 1.807) is 0 Å². The van der Waals surface area contributed by atoms with Crippen molar-refractivity contribution in [2.45, 2.75) is 44.6 Å². The smallest absolute Gasteiger partial charge is 0.251 e. The third-order valence-corrected chi connectivity index (χ3v) is 8.23. The average Bonchev–Trinajstić information content (AvgIpc) is 2.98. The zero-order valence-electron chi connectivity index (χ0n) is 23.3. The van der Waals surface area contributed by atoms with E-state index in [-0.39, 0.29) is 12.0 Å². The lowest BCUT2D eigenvalue weighted by atomic mass is 9.90. The standard InChI is InChI=1S/C34H43N3O2/c1-27-10-9-20-36(25-27)23-19-35-34(38)30-15-8-16-32(24-30)39-31-17-21-37(22-18-31)26-33(28-11-4-2-5-12-28)29-13-6-3-7-14-29/h2-8,11-16,24,27,31,33H,9-10,17-23,25-26H2,1H3,(H,35,38). The number of nitrogens with one attached hydrogen (secondary N) is 1. The summed E-state index contributed by atoms with van der Waals surface area (Å²) in [4.78, 5) is 17.8. The topological polar surface area (TPSA) is 44.8 Å². The van der Waals surface area contributed by atoms with Crippen LogP contribution in [-0.4, -0.2) is 67.6 Å². The van der Waals surface area contributed by atoms with Crippen LogP contribution in [0.4, 0.5) is 0 Å². The average molecular weight is 526 g/mol. The Morgan fingerprint density at radius 3 is 2.23 bits per heavy atom. The molecule has 0 aliphatic carbocycles. The van der Waals surface area contributed by atoms with Crippen LogP contribution < -0.4 is 10.1 Å². The molecule has 1 amide bonds. The van der Waals surface area contributed by atoms with E-state index in [1.807, 2.05) is 24.3 Å². The van der Waals surface area contributed by atoms with Crippen LogP contribution in [0.2, 0.25) is 0 Å².